The largest absolute Gasteiger partial charge is 0.337 e. The van der Waals surface area contributed by atoms with Crippen molar-refractivity contribution in [2.75, 3.05) is 26.2 Å². The molecule has 0 spiro atoms. The average molecular weight is 332 g/mol. The highest BCUT2D eigenvalue weighted by molar-refractivity contribution is 5.98. The van der Waals surface area contributed by atoms with Crippen molar-refractivity contribution in [2.24, 2.45) is 18.9 Å². The smallest absolute Gasteiger partial charge is 0.274 e. The van der Waals surface area contributed by atoms with Crippen LogP contribution in [0.5, 0.6) is 0 Å². The molecule has 3 heterocycles. The molecule has 1 aromatic heterocycles. The van der Waals surface area contributed by atoms with Crippen molar-refractivity contribution >= 4 is 11.8 Å². The molecular formula is C18H28N4O2. The first-order valence-corrected chi connectivity index (χ1v) is 9.08. The fourth-order valence-electron chi connectivity index (χ4n) is 3.84. The number of aromatic nitrogens is 2. The van der Waals surface area contributed by atoms with Gasteiger partial charge in [-0.3, -0.25) is 14.3 Å². The maximum atomic E-state index is 12.8. The van der Waals surface area contributed by atoms with Crippen LogP contribution in [-0.4, -0.2) is 57.6 Å². The summed E-state index contributed by atoms with van der Waals surface area (Å²) in [5.41, 5.74) is 0.900. The molecule has 2 amide bonds. The molecule has 0 unspecified atom stereocenters. The summed E-state index contributed by atoms with van der Waals surface area (Å²) in [6, 6.07) is 1.67. The van der Waals surface area contributed by atoms with E-state index in [9.17, 15) is 9.59 Å². The van der Waals surface area contributed by atoms with Crippen molar-refractivity contribution < 1.29 is 9.59 Å². The number of carbonyl (C=O) groups is 2. The standard InChI is InChI=1S/C18H28N4O2/c1-13-6-4-8-21(11-13)17(23)15-10-16(20(3)19-15)18(24)22-9-5-7-14(2)12-22/h10,13-14H,4-9,11-12H2,1-3H3/t13-,14-/m0/s1. The van der Waals surface area contributed by atoms with Crippen molar-refractivity contribution in [3.63, 3.8) is 0 Å². The van der Waals surface area contributed by atoms with Crippen LogP contribution in [0.2, 0.25) is 0 Å². The maximum Gasteiger partial charge on any atom is 0.274 e. The predicted octanol–water partition coefficient (Wildman–Crippen LogP) is 2.16. The number of likely N-dealkylation sites (tertiary alicyclic amines) is 2. The molecule has 2 fully saturated rings. The molecule has 24 heavy (non-hydrogen) atoms. The van der Waals surface area contributed by atoms with Crippen LogP contribution in [-0.2, 0) is 7.05 Å². The van der Waals surface area contributed by atoms with Crippen molar-refractivity contribution in [3.8, 4) is 0 Å². The minimum Gasteiger partial charge on any atom is -0.337 e. The van der Waals surface area contributed by atoms with Crippen molar-refractivity contribution in [1.82, 2.24) is 19.6 Å². The summed E-state index contributed by atoms with van der Waals surface area (Å²) in [4.78, 5) is 29.2. The number of nitrogens with zero attached hydrogens (tertiary/aromatic N) is 4. The number of hydrogen-bond acceptors (Lipinski definition) is 3. The van der Waals surface area contributed by atoms with Crippen LogP contribution in [0.25, 0.3) is 0 Å². The Hall–Kier alpha value is -1.85. The normalized spacial score (nSPS) is 25.0. The third-order valence-electron chi connectivity index (χ3n) is 5.21. The second kappa shape index (κ2) is 6.95. The van der Waals surface area contributed by atoms with E-state index in [0.717, 1.165) is 39.0 Å². The van der Waals surface area contributed by atoms with Crippen LogP contribution in [0.15, 0.2) is 6.07 Å². The third-order valence-corrected chi connectivity index (χ3v) is 5.21. The van der Waals surface area contributed by atoms with Gasteiger partial charge in [-0.2, -0.15) is 5.10 Å². The van der Waals surface area contributed by atoms with E-state index in [1.54, 1.807) is 17.8 Å². The third kappa shape index (κ3) is 3.47. The molecular weight excluding hydrogens is 304 g/mol. The predicted molar refractivity (Wildman–Crippen MR) is 91.8 cm³/mol. The highest BCUT2D eigenvalue weighted by Gasteiger charge is 2.28. The molecule has 0 radical (unpaired) electrons. The molecule has 0 aliphatic carbocycles. The van der Waals surface area contributed by atoms with Crippen LogP contribution in [0.3, 0.4) is 0 Å². The second-order valence-corrected chi connectivity index (χ2v) is 7.54. The molecule has 0 aromatic carbocycles. The van der Waals surface area contributed by atoms with Crippen LogP contribution in [0, 0.1) is 11.8 Å². The lowest BCUT2D eigenvalue weighted by Gasteiger charge is -2.30. The molecule has 2 aliphatic heterocycles. The van der Waals surface area contributed by atoms with Gasteiger partial charge in [0.15, 0.2) is 5.69 Å². The summed E-state index contributed by atoms with van der Waals surface area (Å²) in [6.45, 7) is 7.49. The van der Waals surface area contributed by atoms with Gasteiger partial charge >= 0.3 is 0 Å². The SMILES string of the molecule is C[C@H]1CCCN(C(=O)c2cc(C(=O)N3CCC[C@H](C)C3)n(C)n2)C1. The van der Waals surface area contributed by atoms with Gasteiger partial charge in [0.05, 0.1) is 0 Å². The molecule has 2 saturated heterocycles. The Morgan fingerprint density at radius 3 is 2.08 bits per heavy atom. The summed E-state index contributed by atoms with van der Waals surface area (Å²) < 4.78 is 1.56. The fourth-order valence-corrected chi connectivity index (χ4v) is 3.84. The van der Waals surface area contributed by atoms with Gasteiger partial charge in [-0.25, -0.2) is 0 Å². The van der Waals surface area contributed by atoms with Crippen LogP contribution >= 0.6 is 0 Å². The zero-order valence-electron chi connectivity index (χ0n) is 15.0. The first-order valence-electron chi connectivity index (χ1n) is 9.08. The summed E-state index contributed by atoms with van der Waals surface area (Å²) >= 11 is 0. The first kappa shape index (κ1) is 17.0. The minimum absolute atomic E-state index is 0.0115. The highest BCUT2D eigenvalue weighted by atomic mass is 16.2. The van der Waals surface area contributed by atoms with Gasteiger partial charge in [0.2, 0.25) is 0 Å². The van der Waals surface area contributed by atoms with Gasteiger partial charge in [-0.15, -0.1) is 0 Å². The van der Waals surface area contributed by atoms with E-state index >= 15 is 0 Å². The van der Waals surface area contributed by atoms with Crippen LogP contribution in [0.1, 0.15) is 60.5 Å². The molecule has 6 nitrogen and oxygen atoms in total. The first-order chi connectivity index (χ1) is 11.5. The Balaban J connectivity index is 1.74. The quantitative estimate of drug-likeness (QED) is 0.834. The van der Waals surface area contributed by atoms with Gasteiger partial charge in [-0.1, -0.05) is 13.8 Å². The second-order valence-electron chi connectivity index (χ2n) is 7.54. The molecule has 132 valence electrons. The van der Waals surface area contributed by atoms with Gasteiger partial charge < -0.3 is 9.80 Å². The molecule has 0 N–H and O–H groups in total. The lowest BCUT2D eigenvalue weighted by atomic mass is 10.00. The zero-order valence-corrected chi connectivity index (χ0v) is 15.0. The number of piperidine rings is 2. The number of hydrogen-bond donors (Lipinski definition) is 0. The van der Waals surface area contributed by atoms with Crippen molar-refractivity contribution in [2.45, 2.75) is 39.5 Å². The van der Waals surface area contributed by atoms with Gasteiger partial charge in [0, 0.05) is 39.3 Å². The summed E-state index contributed by atoms with van der Waals surface area (Å²) in [7, 11) is 1.75. The van der Waals surface area contributed by atoms with E-state index in [2.05, 4.69) is 18.9 Å². The average Bonchev–Trinajstić information content (AvgIpc) is 2.95. The van der Waals surface area contributed by atoms with Crippen LogP contribution in [0.4, 0.5) is 0 Å². The van der Waals surface area contributed by atoms with E-state index in [4.69, 9.17) is 0 Å². The molecule has 6 heteroatoms. The molecule has 0 bridgehead atoms. The fraction of sp³-hybridized carbons (Fsp3) is 0.722. The van der Waals surface area contributed by atoms with E-state index in [1.807, 2.05) is 9.80 Å². The number of aryl methyl sites for hydroxylation is 1. The maximum absolute atomic E-state index is 12.8. The molecule has 0 saturated carbocycles. The summed E-state index contributed by atoms with van der Waals surface area (Å²) in [5, 5.41) is 4.32. The Bertz CT molecular complexity index is 625. The monoisotopic (exact) mass is 332 g/mol. The lowest BCUT2D eigenvalue weighted by Crippen LogP contribution is -2.40. The molecule has 2 aliphatic rings. The van der Waals surface area contributed by atoms with E-state index in [-0.39, 0.29) is 11.8 Å². The van der Waals surface area contributed by atoms with Crippen molar-refractivity contribution in [3.05, 3.63) is 17.5 Å². The topological polar surface area (TPSA) is 58.4 Å². The number of rotatable bonds is 2. The van der Waals surface area contributed by atoms with Gasteiger partial charge in [0.25, 0.3) is 11.8 Å². The Morgan fingerprint density at radius 2 is 1.54 bits per heavy atom. The summed E-state index contributed by atoms with van der Waals surface area (Å²) in [5.74, 6) is 1.00. The minimum atomic E-state index is -0.0526. The Labute approximate surface area is 143 Å². The van der Waals surface area contributed by atoms with Crippen LogP contribution < -0.4 is 0 Å². The number of carbonyl (C=O) groups excluding carboxylic acids is 2. The van der Waals surface area contributed by atoms with E-state index in [1.165, 1.54) is 12.8 Å². The van der Waals surface area contributed by atoms with Gasteiger partial charge in [-0.05, 0) is 37.5 Å². The van der Waals surface area contributed by atoms with E-state index in [0.29, 0.717) is 23.2 Å². The number of amides is 2. The summed E-state index contributed by atoms with van der Waals surface area (Å²) in [6.07, 6.45) is 4.42. The molecule has 1 aromatic rings. The lowest BCUT2D eigenvalue weighted by molar-refractivity contribution is 0.0668. The zero-order chi connectivity index (χ0) is 17.3. The van der Waals surface area contributed by atoms with E-state index < -0.39 is 0 Å². The highest BCUT2D eigenvalue weighted by Crippen LogP contribution is 2.20. The Kier molecular flexibility index (Phi) is 4.92. The van der Waals surface area contributed by atoms with Crippen molar-refractivity contribution in [1.29, 1.82) is 0 Å². The molecule has 2 atom stereocenters. The van der Waals surface area contributed by atoms with Gasteiger partial charge in [0.1, 0.15) is 5.69 Å². The molecule has 3 rings (SSSR count). The Morgan fingerprint density at radius 1 is 1.00 bits per heavy atom.